The van der Waals surface area contributed by atoms with E-state index in [0.717, 1.165) is 5.56 Å². The zero-order chi connectivity index (χ0) is 13.3. The summed E-state index contributed by atoms with van der Waals surface area (Å²) < 4.78 is 26.1. The Morgan fingerprint density at radius 1 is 0.941 bits per heavy atom. The van der Waals surface area contributed by atoms with Gasteiger partial charge in [-0.3, -0.25) is 0 Å². The van der Waals surface area contributed by atoms with Gasteiger partial charge in [0.2, 0.25) is 0 Å². The van der Waals surface area contributed by atoms with Gasteiger partial charge in [0.15, 0.2) is 0 Å². The van der Waals surface area contributed by atoms with Crippen LogP contribution in [0.3, 0.4) is 0 Å². The van der Waals surface area contributed by atoms with Crippen molar-refractivity contribution in [1.82, 2.24) is 5.32 Å². The van der Waals surface area contributed by atoms with E-state index in [2.05, 4.69) is 26.1 Å². The van der Waals surface area contributed by atoms with Crippen LogP contribution >= 0.6 is 0 Å². The van der Waals surface area contributed by atoms with E-state index in [1.54, 1.807) is 19.2 Å². The number of halogens is 2. The lowest BCUT2D eigenvalue weighted by Crippen LogP contribution is -2.43. The van der Waals surface area contributed by atoms with Crippen LogP contribution in [0, 0.1) is 0 Å². The molecule has 0 aromatic heterocycles. The highest BCUT2D eigenvalue weighted by molar-refractivity contribution is 5.31. The number of hydrogen-bond donors (Lipinski definition) is 1. The van der Waals surface area contributed by atoms with Crippen molar-refractivity contribution >= 4 is 0 Å². The Balaban J connectivity index is 3.10. The Morgan fingerprint density at radius 2 is 1.35 bits per heavy atom. The molecule has 1 nitrogen and oxygen atoms in total. The number of rotatable bonds is 3. The predicted molar refractivity (Wildman–Crippen MR) is 67.6 cm³/mol. The van der Waals surface area contributed by atoms with E-state index in [4.69, 9.17) is 0 Å². The lowest BCUT2D eigenvalue weighted by molar-refractivity contribution is 0.0432. The average molecular weight is 241 g/mol. The highest BCUT2D eigenvalue weighted by atomic mass is 19.3. The fraction of sp³-hybridized carbons (Fsp3) is 0.571. The molecule has 96 valence electrons. The Labute approximate surface area is 102 Å². The summed E-state index contributed by atoms with van der Waals surface area (Å²) in [6.45, 7) is 7.83. The summed E-state index contributed by atoms with van der Waals surface area (Å²) in [6, 6.07) is 7.41. The second-order valence-electron chi connectivity index (χ2n) is 5.58. The van der Waals surface area contributed by atoms with Crippen molar-refractivity contribution in [2.75, 3.05) is 7.05 Å². The van der Waals surface area contributed by atoms with Gasteiger partial charge in [-0.2, -0.15) is 0 Å². The smallest absolute Gasteiger partial charge is 0.260 e. The predicted octanol–water partition coefficient (Wildman–Crippen LogP) is 3.68. The molecular formula is C14H21F2N. The van der Waals surface area contributed by atoms with E-state index in [-0.39, 0.29) is 5.41 Å². The van der Waals surface area contributed by atoms with Gasteiger partial charge in [0.25, 0.3) is 6.43 Å². The van der Waals surface area contributed by atoms with Gasteiger partial charge in [-0.05, 0) is 30.5 Å². The largest absolute Gasteiger partial charge is 0.306 e. The first-order chi connectivity index (χ1) is 7.71. The van der Waals surface area contributed by atoms with Crippen molar-refractivity contribution in [2.24, 2.45) is 0 Å². The van der Waals surface area contributed by atoms with Crippen molar-refractivity contribution in [3.8, 4) is 0 Å². The van der Waals surface area contributed by atoms with Crippen LogP contribution in [0.4, 0.5) is 8.78 Å². The molecule has 0 bridgehead atoms. The van der Waals surface area contributed by atoms with E-state index < -0.39 is 12.0 Å². The molecular weight excluding hydrogens is 220 g/mol. The van der Waals surface area contributed by atoms with Crippen molar-refractivity contribution in [1.29, 1.82) is 0 Å². The first-order valence-electron chi connectivity index (χ1n) is 5.80. The second-order valence-corrected chi connectivity index (χ2v) is 5.58. The Hall–Kier alpha value is -0.960. The lowest BCUT2D eigenvalue weighted by Gasteiger charge is -2.29. The normalized spacial score (nSPS) is 16.0. The molecule has 1 aromatic rings. The van der Waals surface area contributed by atoms with Crippen molar-refractivity contribution < 1.29 is 8.78 Å². The molecule has 0 fully saturated rings. The summed E-state index contributed by atoms with van der Waals surface area (Å²) in [5.74, 6) is 0. The quantitative estimate of drug-likeness (QED) is 0.851. The molecule has 0 saturated heterocycles. The van der Waals surface area contributed by atoms with Gasteiger partial charge >= 0.3 is 0 Å². The number of benzene rings is 1. The molecule has 1 N–H and O–H groups in total. The summed E-state index contributed by atoms with van der Waals surface area (Å²) in [4.78, 5) is 0. The maximum atomic E-state index is 13.0. The minimum atomic E-state index is -2.44. The fourth-order valence-corrected chi connectivity index (χ4v) is 1.70. The summed E-state index contributed by atoms with van der Waals surface area (Å²) in [7, 11) is 1.56. The van der Waals surface area contributed by atoms with Gasteiger partial charge in [-0.25, -0.2) is 8.78 Å². The molecule has 17 heavy (non-hydrogen) atoms. The summed E-state index contributed by atoms with van der Waals surface area (Å²) in [5.41, 5.74) is 0.521. The third kappa shape index (κ3) is 2.83. The van der Waals surface area contributed by atoms with E-state index in [0.29, 0.717) is 5.56 Å². The van der Waals surface area contributed by atoms with Crippen LogP contribution < -0.4 is 5.32 Å². The van der Waals surface area contributed by atoms with E-state index in [1.165, 1.54) is 6.92 Å². The molecule has 1 rings (SSSR count). The van der Waals surface area contributed by atoms with Crippen LogP contribution in [0.1, 0.15) is 38.8 Å². The van der Waals surface area contributed by atoms with Crippen molar-refractivity contribution in [3.63, 3.8) is 0 Å². The fourth-order valence-electron chi connectivity index (χ4n) is 1.70. The van der Waals surface area contributed by atoms with E-state index in [1.807, 2.05) is 12.1 Å². The molecule has 0 heterocycles. The minimum absolute atomic E-state index is 0.0411. The molecule has 0 aliphatic carbocycles. The van der Waals surface area contributed by atoms with Gasteiger partial charge < -0.3 is 5.32 Å². The lowest BCUT2D eigenvalue weighted by atomic mass is 9.84. The van der Waals surface area contributed by atoms with E-state index in [9.17, 15) is 8.78 Å². The Morgan fingerprint density at radius 3 is 1.65 bits per heavy atom. The molecule has 0 spiro atoms. The SMILES string of the molecule is CNC(C)(c1ccc(C(C)(C)C)cc1)C(F)F. The zero-order valence-electron chi connectivity index (χ0n) is 11.1. The Bertz CT molecular complexity index is 365. The molecule has 1 unspecified atom stereocenters. The standard InChI is InChI=1S/C14H21F2N/c1-13(2,3)10-6-8-11(9-7-10)14(4,17-5)12(15)16/h6-9,12,17H,1-5H3. The van der Waals surface area contributed by atoms with Crippen LogP contribution in [0.5, 0.6) is 0 Å². The monoisotopic (exact) mass is 241 g/mol. The maximum absolute atomic E-state index is 13.0. The summed E-state index contributed by atoms with van der Waals surface area (Å²) in [5, 5.41) is 2.70. The molecule has 0 aliphatic heterocycles. The van der Waals surface area contributed by atoms with Crippen LogP contribution in [0.2, 0.25) is 0 Å². The van der Waals surface area contributed by atoms with Gasteiger partial charge in [0.1, 0.15) is 5.54 Å². The van der Waals surface area contributed by atoms with Crippen LogP contribution in [0.25, 0.3) is 0 Å². The molecule has 3 heteroatoms. The first-order valence-corrected chi connectivity index (χ1v) is 5.80. The summed E-state index contributed by atoms with van der Waals surface area (Å²) >= 11 is 0. The molecule has 1 aromatic carbocycles. The van der Waals surface area contributed by atoms with Crippen molar-refractivity contribution in [3.05, 3.63) is 35.4 Å². The third-order valence-electron chi connectivity index (χ3n) is 3.31. The van der Waals surface area contributed by atoms with Gasteiger partial charge in [-0.15, -0.1) is 0 Å². The van der Waals surface area contributed by atoms with Crippen LogP contribution in [-0.4, -0.2) is 13.5 Å². The van der Waals surface area contributed by atoms with E-state index >= 15 is 0 Å². The Kier molecular flexibility index (Phi) is 3.92. The van der Waals surface area contributed by atoms with Crippen LogP contribution in [-0.2, 0) is 11.0 Å². The summed E-state index contributed by atoms with van der Waals surface area (Å²) in [6.07, 6.45) is -2.44. The van der Waals surface area contributed by atoms with Crippen LogP contribution in [0.15, 0.2) is 24.3 Å². The maximum Gasteiger partial charge on any atom is 0.260 e. The number of alkyl halides is 2. The molecule has 0 aliphatic rings. The van der Waals surface area contributed by atoms with Gasteiger partial charge in [-0.1, -0.05) is 45.0 Å². The van der Waals surface area contributed by atoms with Crippen molar-refractivity contribution in [2.45, 2.75) is 45.1 Å². The molecule has 0 amide bonds. The highest BCUT2D eigenvalue weighted by Crippen LogP contribution is 2.30. The third-order valence-corrected chi connectivity index (χ3v) is 3.31. The first kappa shape index (κ1) is 14.1. The number of nitrogens with one attached hydrogen (secondary N) is 1. The number of hydrogen-bond acceptors (Lipinski definition) is 1. The molecule has 0 saturated carbocycles. The zero-order valence-corrected chi connectivity index (χ0v) is 11.1. The van der Waals surface area contributed by atoms with Gasteiger partial charge in [0, 0.05) is 0 Å². The second kappa shape index (κ2) is 4.73. The van der Waals surface area contributed by atoms with Gasteiger partial charge in [0.05, 0.1) is 0 Å². The molecule has 0 radical (unpaired) electrons. The highest BCUT2D eigenvalue weighted by Gasteiger charge is 2.35. The minimum Gasteiger partial charge on any atom is -0.306 e. The topological polar surface area (TPSA) is 12.0 Å². The molecule has 1 atom stereocenters. The average Bonchev–Trinajstić information content (AvgIpc) is 2.26.